The van der Waals surface area contributed by atoms with Crippen LogP contribution in [-0.2, 0) is 0 Å². The zero-order chi connectivity index (χ0) is 28.0. The van der Waals surface area contributed by atoms with Crippen LogP contribution in [0.4, 0.5) is 0 Å². The summed E-state index contributed by atoms with van der Waals surface area (Å²) in [6.07, 6.45) is 0. The molecule has 1 aliphatic heterocycles. The van der Waals surface area contributed by atoms with Crippen molar-refractivity contribution in [2.45, 2.75) is 75.3 Å². The van der Waals surface area contributed by atoms with E-state index in [0.717, 1.165) is 0 Å². The van der Waals surface area contributed by atoms with E-state index >= 15 is 0 Å². The first-order chi connectivity index (χ1) is 18.4. The third-order valence-electron chi connectivity index (χ3n) is 8.79. The van der Waals surface area contributed by atoms with E-state index in [1.807, 2.05) is 0 Å². The van der Waals surface area contributed by atoms with Crippen LogP contribution in [0.25, 0.3) is 0 Å². The summed E-state index contributed by atoms with van der Waals surface area (Å²) in [6.45, 7) is 19.7. The molecule has 1 aliphatic rings. The van der Waals surface area contributed by atoms with Crippen LogP contribution in [0.15, 0.2) is 97.1 Å². The Balaban J connectivity index is 1.79. The summed E-state index contributed by atoms with van der Waals surface area (Å²) in [4.78, 5) is 11.0. The van der Waals surface area contributed by atoms with Gasteiger partial charge in [-0.15, -0.1) is 0 Å². The summed E-state index contributed by atoms with van der Waals surface area (Å²) in [5.41, 5.74) is 6.24. The highest BCUT2D eigenvalue weighted by Crippen LogP contribution is 2.63. The minimum absolute atomic E-state index is 0.349. The van der Waals surface area contributed by atoms with E-state index < -0.39 is 24.2 Å². The van der Waals surface area contributed by atoms with Gasteiger partial charge in [-0.1, -0.05) is 125 Å². The average molecular weight is 565 g/mol. The quantitative estimate of drug-likeness (QED) is 0.223. The molecule has 202 valence electrons. The summed E-state index contributed by atoms with van der Waals surface area (Å²) >= 11 is 0. The van der Waals surface area contributed by atoms with Gasteiger partial charge in [0.05, 0.1) is 8.07 Å². The lowest BCUT2D eigenvalue weighted by molar-refractivity contribution is 0.544. The van der Waals surface area contributed by atoms with Crippen molar-refractivity contribution in [1.82, 2.24) is 9.97 Å². The van der Waals surface area contributed by atoms with E-state index in [1.165, 1.54) is 33.1 Å². The third-order valence-corrected chi connectivity index (χ3v) is 16.9. The molecule has 0 saturated carbocycles. The van der Waals surface area contributed by atoms with Gasteiger partial charge in [-0.3, -0.25) is 9.97 Å². The lowest BCUT2D eigenvalue weighted by Gasteiger charge is -2.33. The molecule has 0 spiro atoms. The molecule has 4 atom stereocenters. The van der Waals surface area contributed by atoms with Crippen molar-refractivity contribution < 1.29 is 0 Å². The van der Waals surface area contributed by atoms with E-state index in [-0.39, 0.29) is 0 Å². The molecule has 0 N–H and O–H groups in total. The molecule has 1 fully saturated rings. The molecule has 4 unspecified atom stereocenters. The molecule has 3 heterocycles. The number of aromatic nitrogens is 2. The highest BCUT2D eigenvalue weighted by atomic mass is 28.3. The Morgan fingerprint density at radius 3 is 1.18 bits per heavy atom. The Bertz CT molecular complexity index is 1310. The Morgan fingerprint density at radius 2 is 0.846 bits per heavy atom. The molecular formula is C34H44N2Si3. The lowest BCUT2D eigenvalue weighted by Crippen LogP contribution is -2.44. The maximum Gasteiger partial charge on any atom is 0.101 e. The van der Waals surface area contributed by atoms with Crippen LogP contribution in [0.3, 0.4) is 0 Å². The van der Waals surface area contributed by atoms with Crippen LogP contribution >= 0.6 is 0 Å². The predicted molar refractivity (Wildman–Crippen MR) is 176 cm³/mol. The molecule has 0 bridgehead atoms. The molecule has 2 aromatic heterocycles. The van der Waals surface area contributed by atoms with Gasteiger partial charge in [-0.2, -0.15) is 0 Å². The van der Waals surface area contributed by atoms with Crippen molar-refractivity contribution in [1.29, 1.82) is 0 Å². The predicted octanol–water partition coefficient (Wildman–Crippen LogP) is 7.80. The van der Waals surface area contributed by atoms with Gasteiger partial charge in [0.1, 0.15) is 16.1 Å². The van der Waals surface area contributed by atoms with Crippen molar-refractivity contribution in [2.24, 2.45) is 0 Å². The summed E-state index contributed by atoms with van der Waals surface area (Å²) < 4.78 is 0. The number of benzene rings is 2. The topological polar surface area (TPSA) is 25.8 Å². The van der Waals surface area contributed by atoms with Gasteiger partial charge in [0.25, 0.3) is 0 Å². The summed E-state index contributed by atoms with van der Waals surface area (Å²) in [7, 11) is -5.14. The lowest BCUT2D eigenvalue weighted by atomic mass is 9.76. The maximum atomic E-state index is 5.49. The van der Waals surface area contributed by atoms with E-state index in [4.69, 9.17) is 9.97 Å². The van der Waals surface area contributed by atoms with E-state index in [0.29, 0.717) is 22.9 Å². The zero-order valence-corrected chi connectivity index (χ0v) is 27.9. The molecule has 0 radical (unpaired) electrons. The highest BCUT2D eigenvalue weighted by molar-refractivity contribution is 6.88. The van der Waals surface area contributed by atoms with Crippen molar-refractivity contribution in [3.63, 3.8) is 0 Å². The van der Waals surface area contributed by atoms with E-state index in [1.54, 1.807) is 0 Å². The van der Waals surface area contributed by atoms with Gasteiger partial charge < -0.3 is 0 Å². The highest BCUT2D eigenvalue weighted by Gasteiger charge is 2.59. The summed E-state index contributed by atoms with van der Waals surface area (Å²) in [5, 5.41) is 2.63. The molecule has 39 heavy (non-hydrogen) atoms. The fraction of sp³-hybridized carbons (Fsp3) is 0.353. The van der Waals surface area contributed by atoms with Gasteiger partial charge in [0.2, 0.25) is 0 Å². The molecule has 2 aromatic carbocycles. The molecule has 5 rings (SSSR count). The standard InChI is InChI=1S/C34H44N2Si3/c1-37(2,3)29-23-15-21-27(35-29)33-31(25-17-11-9-12-18-25)32(26-19-13-10-14-20-26)34(39(33,7)8)28-22-16-24-30(36-28)38(4,5)6/h9-24,31-34H,1-8H3. The smallest absolute Gasteiger partial charge is 0.101 e. The molecule has 1 saturated heterocycles. The maximum absolute atomic E-state index is 5.49. The minimum Gasteiger partial charge on any atom is -0.263 e. The molecule has 4 aromatic rings. The normalized spacial score (nSPS) is 23.1. The van der Waals surface area contributed by atoms with Crippen LogP contribution in [0.1, 0.15) is 45.4 Å². The second-order valence-corrected chi connectivity index (χ2v) is 29.0. The van der Waals surface area contributed by atoms with Crippen LogP contribution in [0.5, 0.6) is 0 Å². The monoisotopic (exact) mass is 564 g/mol. The first kappa shape index (κ1) is 27.9. The number of nitrogens with zero attached hydrogens (tertiary/aromatic N) is 2. The molecular weight excluding hydrogens is 521 g/mol. The van der Waals surface area contributed by atoms with E-state index in [9.17, 15) is 0 Å². The van der Waals surface area contributed by atoms with Gasteiger partial charge in [0, 0.05) is 33.1 Å². The second kappa shape index (κ2) is 10.4. The van der Waals surface area contributed by atoms with Crippen LogP contribution < -0.4 is 10.6 Å². The zero-order valence-electron chi connectivity index (χ0n) is 24.9. The summed E-state index contributed by atoms with van der Waals surface area (Å²) in [6, 6.07) is 36.3. The fourth-order valence-electron chi connectivity index (χ4n) is 6.90. The van der Waals surface area contributed by atoms with Gasteiger partial charge in [-0.05, 0) is 47.2 Å². The Morgan fingerprint density at radius 1 is 0.487 bits per heavy atom. The van der Waals surface area contributed by atoms with Crippen LogP contribution in [0.2, 0.25) is 52.4 Å². The number of pyridine rings is 2. The first-order valence-electron chi connectivity index (χ1n) is 14.4. The minimum atomic E-state index is -2.03. The van der Waals surface area contributed by atoms with Gasteiger partial charge in [-0.25, -0.2) is 0 Å². The SMILES string of the molecule is C[Si](C)(C)c1cccc(C2C(c3ccccc3)C(c3ccccc3)C(c3cccc([Si](C)(C)C)n3)[Si]2(C)C)n1. The number of hydrogen-bond acceptors (Lipinski definition) is 2. The van der Waals surface area contributed by atoms with Crippen molar-refractivity contribution >= 4 is 34.9 Å². The van der Waals surface area contributed by atoms with Crippen molar-refractivity contribution in [2.75, 3.05) is 0 Å². The van der Waals surface area contributed by atoms with Gasteiger partial charge in [0.15, 0.2) is 0 Å². The van der Waals surface area contributed by atoms with Crippen LogP contribution in [-0.4, -0.2) is 34.2 Å². The molecule has 2 nitrogen and oxygen atoms in total. The Hall–Kier alpha value is -2.61. The average Bonchev–Trinajstić information content (AvgIpc) is 3.16. The molecule has 0 aliphatic carbocycles. The Kier molecular flexibility index (Phi) is 7.46. The number of rotatable bonds is 6. The molecule has 0 amide bonds. The van der Waals surface area contributed by atoms with Crippen molar-refractivity contribution in [3.8, 4) is 0 Å². The summed E-state index contributed by atoms with van der Waals surface area (Å²) in [5.74, 6) is 0.698. The molecule has 5 heteroatoms. The fourth-order valence-corrected chi connectivity index (χ4v) is 13.9. The van der Waals surface area contributed by atoms with Crippen molar-refractivity contribution in [3.05, 3.63) is 120 Å². The Labute approximate surface area is 239 Å². The largest absolute Gasteiger partial charge is 0.263 e. The third kappa shape index (κ3) is 5.41. The second-order valence-electron chi connectivity index (χ2n) is 14.0. The first-order valence-corrected chi connectivity index (χ1v) is 24.6. The number of hydrogen-bond donors (Lipinski definition) is 0. The van der Waals surface area contributed by atoms with E-state index in [2.05, 4.69) is 149 Å². The van der Waals surface area contributed by atoms with Gasteiger partial charge >= 0.3 is 0 Å². The van der Waals surface area contributed by atoms with Crippen LogP contribution in [0, 0.1) is 0 Å².